The number of ether oxygens (including phenoxy) is 1. The molecule has 3 N–H and O–H groups in total. The van der Waals surface area contributed by atoms with Crippen molar-refractivity contribution in [1.29, 1.82) is 0 Å². The Morgan fingerprint density at radius 3 is 2.84 bits per heavy atom. The van der Waals surface area contributed by atoms with Crippen molar-refractivity contribution in [2.75, 3.05) is 7.11 Å². The van der Waals surface area contributed by atoms with E-state index in [0.29, 0.717) is 16.3 Å². The summed E-state index contributed by atoms with van der Waals surface area (Å²) >= 11 is 5.96. The molecule has 0 saturated heterocycles. The van der Waals surface area contributed by atoms with E-state index in [1.165, 1.54) is 25.4 Å². The first-order valence-corrected chi connectivity index (χ1v) is 5.95. The van der Waals surface area contributed by atoms with Gasteiger partial charge in [-0.15, -0.1) is 0 Å². The summed E-state index contributed by atoms with van der Waals surface area (Å²) in [5, 5.41) is 0.475. The zero-order valence-electron chi connectivity index (χ0n) is 10.2. The molecule has 1 aromatic heterocycles. The number of hydrogen-bond acceptors (Lipinski definition) is 4. The Labute approximate surface area is 115 Å². The minimum atomic E-state index is -0.577. The molecule has 1 unspecified atom stereocenters. The summed E-state index contributed by atoms with van der Waals surface area (Å²) in [5.41, 5.74) is 3.47. The van der Waals surface area contributed by atoms with Crippen LogP contribution >= 0.6 is 11.6 Å². The molecule has 0 saturated carbocycles. The van der Waals surface area contributed by atoms with Gasteiger partial charge in [-0.05, 0) is 29.8 Å². The number of nitrogens with zero attached hydrogens (tertiary/aromatic N) is 1. The van der Waals surface area contributed by atoms with Crippen LogP contribution < -0.4 is 16.0 Å². The van der Waals surface area contributed by atoms with E-state index in [2.05, 4.69) is 10.4 Å². The lowest BCUT2D eigenvalue weighted by Gasteiger charge is -2.17. The number of nitrogens with two attached hydrogens (primary N) is 1. The highest BCUT2D eigenvalue weighted by molar-refractivity contribution is 6.32. The Morgan fingerprint density at radius 2 is 2.21 bits per heavy atom. The summed E-state index contributed by atoms with van der Waals surface area (Å²) in [6.07, 6.45) is 1.51. The third kappa shape index (κ3) is 2.84. The van der Waals surface area contributed by atoms with Crippen LogP contribution in [0.5, 0.6) is 5.75 Å². The molecule has 0 radical (unpaired) electrons. The summed E-state index contributed by atoms with van der Waals surface area (Å²) in [5.74, 6) is 5.57. The molecule has 0 amide bonds. The van der Waals surface area contributed by atoms with Gasteiger partial charge in [-0.3, -0.25) is 10.8 Å². The molecule has 1 aromatic carbocycles. The topological polar surface area (TPSA) is 60.2 Å². The predicted molar refractivity (Wildman–Crippen MR) is 71.4 cm³/mol. The van der Waals surface area contributed by atoms with Crippen LogP contribution in [0.4, 0.5) is 4.39 Å². The van der Waals surface area contributed by atoms with E-state index in [1.807, 2.05) is 0 Å². The summed E-state index contributed by atoms with van der Waals surface area (Å²) in [6, 6.07) is 7.38. The fourth-order valence-electron chi connectivity index (χ4n) is 1.80. The minimum Gasteiger partial charge on any atom is -0.495 e. The number of methoxy groups -OCH3 is 1. The van der Waals surface area contributed by atoms with Crippen LogP contribution in [0.3, 0.4) is 0 Å². The summed E-state index contributed by atoms with van der Waals surface area (Å²) < 4.78 is 18.9. The van der Waals surface area contributed by atoms with Gasteiger partial charge in [-0.2, -0.15) is 0 Å². The van der Waals surface area contributed by atoms with Crippen LogP contribution in [0.25, 0.3) is 0 Å². The van der Waals surface area contributed by atoms with Crippen LogP contribution in [0.15, 0.2) is 36.5 Å². The van der Waals surface area contributed by atoms with Gasteiger partial charge in [0.05, 0.1) is 23.9 Å². The lowest BCUT2D eigenvalue weighted by atomic mass is 10.0. The van der Waals surface area contributed by atoms with Crippen LogP contribution in [-0.2, 0) is 0 Å². The lowest BCUT2D eigenvalue weighted by molar-refractivity contribution is 0.413. The van der Waals surface area contributed by atoms with Crippen molar-refractivity contribution < 1.29 is 9.13 Å². The van der Waals surface area contributed by atoms with Gasteiger partial charge in [0, 0.05) is 6.20 Å². The first kappa shape index (κ1) is 13.7. The molecule has 1 atom stereocenters. The highest BCUT2D eigenvalue weighted by Crippen LogP contribution is 2.30. The summed E-state index contributed by atoms with van der Waals surface area (Å²) in [7, 11) is 1.51. The van der Waals surface area contributed by atoms with E-state index in [1.54, 1.807) is 18.2 Å². The van der Waals surface area contributed by atoms with E-state index >= 15 is 0 Å². The predicted octanol–water partition coefficient (Wildman–Crippen LogP) is 2.44. The number of benzene rings is 1. The Kier molecular flexibility index (Phi) is 4.31. The van der Waals surface area contributed by atoms with Crippen molar-refractivity contribution in [1.82, 2.24) is 10.4 Å². The van der Waals surface area contributed by atoms with Gasteiger partial charge in [0.2, 0.25) is 0 Å². The SMILES string of the molecule is COc1cc(C(NN)c2ncccc2F)ccc1Cl. The molecule has 6 heteroatoms. The second-order valence-electron chi connectivity index (χ2n) is 3.86. The van der Waals surface area contributed by atoms with E-state index < -0.39 is 11.9 Å². The van der Waals surface area contributed by atoms with Crippen molar-refractivity contribution in [3.63, 3.8) is 0 Å². The van der Waals surface area contributed by atoms with E-state index in [0.717, 1.165) is 0 Å². The molecule has 0 aliphatic carbocycles. The third-order valence-electron chi connectivity index (χ3n) is 2.74. The summed E-state index contributed by atoms with van der Waals surface area (Å²) in [6.45, 7) is 0. The van der Waals surface area contributed by atoms with Crippen molar-refractivity contribution in [3.8, 4) is 5.75 Å². The third-order valence-corrected chi connectivity index (χ3v) is 3.05. The zero-order chi connectivity index (χ0) is 13.8. The molecule has 0 bridgehead atoms. The zero-order valence-corrected chi connectivity index (χ0v) is 11.0. The molecule has 0 aliphatic rings. The Balaban J connectivity index is 2.45. The fraction of sp³-hybridized carbons (Fsp3) is 0.154. The molecule has 1 heterocycles. The maximum Gasteiger partial charge on any atom is 0.146 e. The Bertz CT molecular complexity index is 580. The van der Waals surface area contributed by atoms with E-state index in [4.69, 9.17) is 22.2 Å². The second kappa shape index (κ2) is 5.97. The number of hydrazine groups is 1. The van der Waals surface area contributed by atoms with Gasteiger partial charge in [-0.1, -0.05) is 17.7 Å². The maximum atomic E-state index is 13.8. The van der Waals surface area contributed by atoms with Crippen molar-refractivity contribution in [2.45, 2.75) is 6.04 Å². The lowest BCUT2D eigenvalue weighted by Crippen LogP contribution is -2.30. The largest absolute Gasteiger partial charge is 0.495 e. The van der Waals surface area contributed by atoms with Crippen LogP contribution in [0, 0.1) is 5.82 Å². The minimum absolute atomic E-state index is 0.217. The first-order chi connectivity index (χ1) is 9.17. The molecular weight excluding hydrogens is 269 g/mol. The summed E-state index contributed by atoms with van der Waals surface area (Å²) in [4.78, 5) is 4.01. The standard InChI is InChI=1S/C13H13ClFN3O/c1-19-11-7-8(4-5-9(11)14)12(18-16)13-10(15)3-2-6-17-13/h2-7,12,18H,16H2,1H3. The molecule has 4 nitrogen and oxygen atoms in total. The Hall–Kier alpha value is -1.69. The van der Waals surface area contributed by atoms with Gasteiger partial charge in [0.25, 0.3) is 0 Å². The molecule has 100 valence electrons. The van der Waals surface area contributed by atoms with Gasteiger partial charge in [0.1, 0.15) is 11.6 Å². The number of rotatable bonds is 4. The van der Waals surface area contributed by atoms with E-state index in [9.17, 15) is 4.39 Å². The Morgan fingerprint density at radius 1 is 1.42 bits per heavy atom. The van der Waals surface area contributed by atoms with Crippen LogP contribution in [0.2, 0.25) is 5.02 Å². The first-order valence-electron chi connectivity index (χ1n) is 5.57. The van der Waals surface area contributed by atoms with Crippen molar-refractivity contribution in [2.24, 2.45) is 5.84 Å². The molecule has 0 fully saturated rings. The van der Waals surface area contributed by atoms with E-state index in [-0.39, 0.29) is 5.69 Å². The smallest absolute Gasteiger partial charge is 0.146 e. The quantitative estimate of drug-likeness (QED) is 0.667. The fourth-order valence-corrected chi connectivity index (χ4v) is 1.99. The average molecular weight is 282 g/mol. The highest BCUT2D eigenvalue weighted by Gasteiger charge is 2.19. The number of halogens is 2. The van der Waals surface area contributed by atoms with Crippen molar-refractivity contribution >= 4 is 11.6 Å². The van der Waals surface area contributed by atoms with Gasteiger partial charge < -0.3 is 4.74 Å². The number of aromatic nitrogens is 1. The average Bonchev–Trinajstić information content (AvgIpc) is 2.43. The maximum absolute atomic E-state index is 13.8. The van der Waals surface area contributed by atoms with Gasteiger partial charge in [-0.25, -0.2) is 9.82 Å². The molecule has 2 rings (SSSR count). The number of nitrogens with one attached hydrogen (secondary N) is 1. The monoisotopic (exact) mass is 281 g/mol. The molecular formula is C13H13ClFN3O. The van der Waals surface area contributed by atoms with Gasteiger partial charge >= 0.3 is 0 Å². The van der Waals surface area contributed by atoms with Gasteiger partial charge in [0.15, 0.2) is 0 Å². The molecule has 2 aromatic rings. The number of hydrogen-bond donors (Lipinski definition) is 2. The normalized spacial score (nSPS) is 12.2. The second-order valence-corrected chi connectivity index (χ2v) is 4.27. The highest BCUT2D eigenvalue weighted by atomic mass is 35.5. The molecule has 19 heavy (non-hydrogen) atoms. The molecule has 0 spiro atoms. The van der Waals surface area contributed by atoms with Crippen molar-refractivity contribution in [3.05, 3.63) is 58.6 Å². The number of pyridine rings is 1. The van der Waals surface area contributed by atoms with Crippen LogP contribution in [-0.4, -0.2) is 12.1 Å². The molecule has 0 aliphatic heterocycles. The van der Waals surface area contributed by atoms with Crippen LogP contribution in [0.1, 0.15) is 17.3 Å².